The largest absolute Gasteiger partial charge is 0.490 e. The standard InChI is InChI=1S/C23H26N2O5/c1-3-28-19-11-15-9-10-25(14-16(15)12-20(19)29-4-2)22(26)13-21-23(27)24-17-7-5-6-8-18(17)30-21/h5-8,11-12,21H,3-4,9-10,13-14H2,1-2H3,(H,24,27)/t21-/m1/s1. The number of para-hydroxylation sites is 2. The molecule has 0 saturated carbocycles. The van der Waals surface area contributed by atoms with E-state index in [0.29, 0.717) is 43.5 Å². The number of carbonyl (C=O) groups is 2. The maximum Gasteiger partial charge on any atom is 0.266 e. The molecule has 2 aliphatic heterocycles. The zero-order valence-electron chi connectivity index (χ0n) is 17.3. The summed E-state index contributed by atoms with van der Waals surface area (Å²) in [6.07, 6.45) is -0.0907. The Morgan fingerprint density at radius 1 is 1.13 bits per heavy atom. The minimum absolute atomic E-state index is 0.00481. The molecule has 2 heterocycles. The Hall–Kier alpha value is -3.22. The molecule has 4 rings (SSSR count). The third-order valence-electron chi connectivity index (χ3n) is 5.30. The average molecular weight is 410 g/mol. The van der Waals surface area contributed by atoms with E-state index in [0.717, 1.165) is 23.3 Å². The molecule has 0 fully saturated rings. The van der Waals surface area contributed by atoms with Crippen LogP contribution in [-0.2, 0) is 22.6 Å². The number of amides is 2. The number of nitrogens with one attached hydrogen (secondary N) is 1. The molecule has 0 bridgehead atoms. The lowest BCUT2D eigenvalue weighted by atomic mass is 9.98. The van der Waals surface area contributed by atoms with Crippen LogP contribution in [0.4, 0.5) is 5.69 Å². The van der Waals surface area contributed by atoms with Gasteiger partial charge in [0.05, 0.1) is 25.3 Å². The van der Waals surface area contributed by atoms with Gasteiger partial charge in [-0.2, -0.15) is 0 Å². The topological polar surface area (TPSA) is 77.1 Å². The van der Waals surface area contributed by atoms with E-state index < -0.39 is 6.10 Å². The quantitative estimate of drug-likeness (QED) is 0.792. The smallest absolute Gasteiger partial charge is 0.266 e. The van der Waals surface area contributed by atoms with Crippen LogP contribution in [0, 0.1) is 0 Å². The SMILES string of the molecule is CCOc1cc2c(cc1OCC)CN(C(=O)C[C@H]1Oc3ccccc3NC1=O)CC2. The Kier molecular flexibility index (Phi) is 5.79. The minimum Gasteiger partial charge on any atom is -0.490 e. The maximum atomic E-state index is 12.9. The molecule has 1 N–H and O–H groups in total. The van der Waals surface area contributed by atoms with Gasteiger partial charge in [-0.25, -0.2) is 0 Å². The van der Waals surface area contributed by atoms with E-state index in [1.165, 1.54) is 0 Å². The van der Waals surface area contributed by atoms with E-state index in [9.17, 15) is 9.59 Å². The highest BCUT2D eigenvalue weighted by molar-refractivity contribution is 5.99. The first-order valence-electron chi connectivity index (χ1n) is 10.3. The van der Waals surface area contributed by atoms with Gasteiger partial charge in [-0.1, -0.05) is 12.1 Å². The lowest BCUT2D eigenvalue weighted by Crippen LogP contribution is -2.43. The third kappa shape index (κ3) is 4.06. The molecule has 2 aromatic carbocycles. The summed E-state index contributed by atoms with van der Waals surface area (Å²) in [6, 6.07) is 11.2. The molecule has 1 atom stereocenters. The van der Waals surface area contributed by atoms with Gasteiger partial charge in [0.25, 0.3) is 5.91 Å². The lowest BCUT2D eigenvalue weighted by molar-refractivity contribution is -0.137. The fraction of sp³-hybridized carbons (Fsp3) is 0.391. The van der Waals surface area contributed by atoms with Crippen LogP contribution in [0.5, 0.6) is 17.2 Å². The Bertz CT molecular complexity index is 959. The van der Waals surface area contributed by atoms with Crippen molar-refractivity contribution in [2.75, 3.05) is 25.1 Å². The Morgan fingerprint density at radius 2 is 1.83 bits per heavy atom. The number of ether oxygens (including phenoxy) is 3. The molecular formula is C23H26N2O5. The van der Waals surface area contributed by atoms with Crippen LogP contribution in [-0.4, -0.2) is 42.6 Å². The van der Waals surface area contributed by atoms with Crippen molar-refractivity contribution in [1.29, 1.82) is 0 Å². The summed E-state index contributed by atoms with van der Waals surface area (Å²) in [5.41, 5.74) is 2.83. The highest BCUT2D eigenvalue weighted by Crippen LogP contribution is 2.34. The number of hydrogen-bond acceptors (Lipinski definition) is 5. The van der Waals surface area contributed by atoms with Crippen LogP contribution in [0.25, 0.3) is 0 Å². The van der Waals surface area contributed by atoms with E-state index in [1.807, 2.05) is 38.1 Å². The highest BCUT2D eigenvalue weighted by Gasteiger charge is 2.32. The Labute approximate surface area is 175 Å². The van der Waals surface area contributed by atoms with Gasteiger partial charge in [0.1, 0.15) is 5.75 Å². The van der Waals surface area contributed by atoms with Gasteiger partial charge < -0.3 is 24.4 Å². The van der Waals surface area contributed by atoms with Crippen molar-refractivity contribution in [3.05, 3.63) is 47.5 Å². The van der Waals surface area contributed by atoms with Crippen LogP contribution in [0.1, 0.15) is 31.4 Å². The summed E-state index contributed by atoms with van der Waals surface area (Å²) in [6.45, 7) is 6.05. The second-order valence-corrected chi connectivity index (χ2v) is 7.30. The number of nitrogens with zero attached hydrogens (tertiary/aromatic N) is 1. The van der Waals surface area contributed by atoms with E-state index >= 15 is 0 Å². The third-order valence-corrected chi connectivity index (χ3v) is 5.30. The first-order chi connectivity index (χ1) is 14.6. The first kappa shape index (κ1) is 20.1. The predicted octanol–water partition coefficient (Wildman–Crippen LogP) is 3.16. The molecular weight excluding hydrogens is 384 g/mol. The van der Waals surface area contributed by atoms with Crippen molar-refractivity contribution in [2.45, 2.75) is 39.3 Å². The van der Waals surface area contributed by atoms with Crippen LogP contribution in [0.2, 0.25) is 0 Å². The molecule has 30 heavy (non-hydrogen) atoms. The molecule has 158 valence electrons. The number of fused-ring (bicyclic) bond motifs is 2. The van der Waals surface area contributed by atoms with Crippen LogP contribution < -0.4 is 19.5 Å². The lowest BCUT2D eigenvalue weighted by Gasteiger charge is -2.32. The molecule has 2 amide bonds. The molecule has 0 saturated heterocycles. The fourth-order valence-electron chi connectivity index (χ4n) is 3.83. The molecule has 0 radical (unpaired) electrons. The predicted molar refractivity (Wildman–Crippen MR) is 112 cm³/mol. The second-order valence-electron chi connectivity index (χ2n) is 7.30. The zero-order valence-corrected chi connectivity index (χ0v) is 17.3. The number of carbonyl (C=O) groups excluding carboxylic acids is 2. The minimum atomic E-state index is -0.826. The van der Waals surface area contributed by atoms with Crippen molar-refractivity contribution in [2.24, 2.45) is 0 Å². The van der Waals surface area contributed by atoms with Gasteiger partial charge in [-0.3, -0.25) is 9.59 Å². The Morgan fingerprint density at radius 3 is 2.57 bits per heavy atom. The van der Waals surface area contributed by atoms with Crippen molar-refractivity contribution in [3.63, 3.8) is 0 Å². The van der Waals surface area contributed by atoms with Crippen LogP contribution >= 0.6 is 0 Å². The summed E-state index contributed by atoms with van der Waals surface area (Å²) in [5.74, 6) is 1.62. The van der Waals surface area contributed by atoms with E-state index in [4.69, 9.17) is 14.2 Å². The summed E-state index contributed by atoms with van der Waals surface area (Å²) in [4.78, 5) is 27.0. The van der Waals surface area contributed by atoms with Gasteiger partial charge in [-0.05, 0) is 55.7 Å². The number of rotatable bonds is 6. The van der Waals surface area contributed by atoms with Crippen molar-refractivity contribution in [3.8, 4) is 17.2 Å². The van der Waals surface area contributed by atoms with E-state index in [-0.39, 0.29) is 18.2 Å². The number of benzene rings is 2. The van der Waals surface area contributed by atoms with Gasteiger partial charge in [0.15, 0.2) is 17.6 Å². The van der Waals surface area contributed by atoms with E-state index in [2.05, 4.69) is 5.32 Å². The average Bonchev–Trinajstić information content (AvgIpc) is 2.74. The van der Waals surface area contributed by atoms with Crippen molar-refractivity contribution < 1.29 is 23.8 Å². The molecule has 0 spiro atoms. The molecule has 0 unspecified atom stereocenters. The van der Waals surface area contributed by atoms with E-state index in [1.54, 1.807) is 17.0 Å². The second kappa shape index (κ2) is 8.65. The summed E-state index contributed by atoms with van der Waals surface area (Å²) >= 11 is 0. The summed E-state index contributed by atoms with van der Waals surface area (Å²) in [7, 11) is 0. The highest BCUT2D eigenvalue weighted by atomic mass is 16.5. The van der Waals surface area contributed by atoms with Crippen molar-refractivity contribution >= 4 is 17.5 Å². The van der Waals surface area contributed by atoms with Gasteiger partial charge in [0.2, 0.25) is 5.91 Å². The van der Waals surface area contributed by atoms with Crippen LogP contribution in [0.15, 0.2) is 36.4 Å². The fourth-order valence-corrected chi connectivity index (χ4v) is 3.83. The molecule has 0 aliphatic carbocycles. The molecule has 7 nitrogen and oxygen atoms in total. The molecule has 2 aliphatic rings. The normalized spacial score (nSPS) is 17.3. The van der Waals surface area contributed by atoms with Gasteiger partial charge in [-0.15, -0.1) is 0 Å². The van der Waals surface area contributed by atoms with Gasteiger partial charge >= 0.3 is 0 Å². The summed E-state index contributed by atoms with van der Waals surface area (Å²) < 4.78 is 17.2. The maximum absolute atomic E-state index is 12.9. The monoisotopic (exact) mass is 410 g/mol. The number of anilines is 1. The van der Waals surface area contributed by atoms with Crippen molar-refractivity contribution in [1.82, 2.24) is 4.90 Å². The molecule has 7 heteroatoms. The van der Waals surface area contributed by atoms with Gasteiger partial charge in [0, 0.05) is 13.1 Å². The zero-order chi connectivity index (χ0) is 21.1. The molecule has 2 aromatic rings. The van der Waals surface area contributed by atoms with Crippen LogP contribution in [0.3, 0.4) is 0 Å². The summed E-state index contributed by atoms with van der Waals surface area (Å²) in [5, 5.41) is 2.81. The first-order valence-corrected chi connectivity index (χ1v) is 10.3. The molecule has 0 aromatic heterocycles. The Balaban J connectivity index is 1.46. The number of hydrogen-bond donors (Lipinski definition) is 1.